The number of halogens is 2. The van der Waals surface area contributed by atoms with Crippen LogP contribution >= 0.6 is 11.6 Å². The van der Waals surface area contributed by atoms with E-state index in [1.165, 1.54) is 25.6 Å². The second-order valence-electron chi connectivity index (χ2n) is 5.43. The predicted molar refractivity (Wildman–Crippen MR) is 96.6 cm³/mol. The first-order chi connectivity index (χ1) is 12.6. The number of carbonyl (C=O) groups is 1. The number of nitrogens with one attached hydrogen (secondary N) is 1. The van der Waals surface area contributed by atoms with E-state index < -0.39 is 0 Å². The Kier molecular flexibility index (Phi) is 5.43. The molecule has 0 bridgehead atoms. The molecule has 1 N–H and O–H groups in total. The van der Waals surface area contributed by atoms with Crippen LogP contribution in [0, 0.1) is 5.82 Å². The number of rotatable bonds is 5. The Balaban J connectivity index is 1.74. The maximum absolute atomic E-state index is 13.0. The van der Waals surface area contributed by atoms with E-state index in [1.54, 1.807) is 36.4 Å². The number of carbonyl (C=O) groups excluding carboxylic acids is 1. The van der Waals surface area contributed by atoms with Crippen molar-refractivity contribution in [2.45, 2.75) is 6.54 Å². The molecule has 1 aromatic heterocycles. The summed E-state index contributed by atoms with van der Waals surface area (Å²) < 4.78 is 18.2. The molecule has 7 heteroatoms. The summed E-state index contributed by atoms with van der Waals surface area (Å²) in [5, 5.41) is 3.22. The molecule has 1 heterocycles. The normalized spacial score (nSPS) is 10.4. The molecule has 0 spiro atoms. The highest BCUT2D eigenvalue weighted by molar-refractivity contribution is 6.31. The first kappa shape index (κ1) is 17.8. The zero-order valence-corrected chi connectivity index (χ0v) is 14.6. The van der Waals surface area contributed by atoms with Crippen LogP contribution in [0.2, 0.25) is 5.02 Å². The minimum atomic E-state index is -0.328. The molecule has 0 saturated carbocycles. The highest BCUT2D eigenvalue weighted by atomic mass is 35.5. The molecule has 0 radical (unpaired) electrons. The van der Waals surface area contributed by atoms with Crippen LogP contribution < -0.4 is 10.1 Å². The summed E-state index contributed by atoms with van der Waals surface area (Å²) in [7, 11) is 1.49. The van der Waals surface area contributed by atoms with Gasteiger partial charge in [0.1, 0.15) is 17.9 Å². The van der Waals surface area contributed by atoms with Crippen LogP contribution in [0.5, 0.6) is 5.75 Å². The van der Waals surface area contributed by atoms with Crippen molar-refractivity contribution in [2.75, 3.05) is 7.11 Å². The molecule has 0 aliphatic heterocycles. The second kappa shape index (κ2) is 7.93. The Hall–Kier alpha value is -2.99. The monoisotopic (exact) mass is 371 g/mol. The topological polar surface area (TPSA) is 64.1 Å². The number of methoxy groups -OCH3 is 1. The van der Waals surface area contributed by atoms with Gasteiger partial charge in [-0.3, -0.25) is 4.79 Å². The van der Waals surface area contributed by atoms with Gasteiger partial charge in [0.05, 0.1) is 30.6 Å². The third-order valence-electron chi connectivity index (χ3n) is 3.70. The Bertz CT molecular complexity index is 932. The molecule has 132 valence electrons. The molecule has 0 aliphatic carbocycles. The summed E-state index contributed by atoms with van der Waals surface area (Å²) >= 11 is 5.95. The zero-order chi connectivity index (χ0) is 18.5. The third-order valence-corrected chi connectivity index (χ3v) is 3.94. The summed E-state index contributed by atoms with van der Waals surface area (Å²) in [5.41, 5.74) is 2.36. The largest absolute Gasteiger partial charge is 0.496 e. The Labute approximate surface area is 154 Å². The zero-order valence-electron chi connectivity index (χ0n) is 13.9. The fourth-order valence-corrected chi connectivity index (χ4v) is 2.57. The van der Waals surface area contributed by atoms with Crippen LogP contribution in [0.3, 0.4) is 0 Å². The standard InChI is InChI=1S/C19H15ClFN3O2/c1-26-18-7-4-13(20)8-16(18)19(25)22-10-15-9-17(24-11-23-15)12-2-5-14(21)6-3-12/h2-9,11H,10H2,1H3,(H,22,25). The highest BCUT2D eigenvalue weighted by Crippen LogP contribution is 2.22. The number of nitrogens with zero attached hydrogens (tertiary/aromatic N) is 2. The summed E-state index contributed by atoms with van der Waals surface area (Å²) in [6.07, 6.45) is 1.40. The number of amides is 1. The second-order valence-corrected chi connectivity index (χ2v) is 5.87. The van der Waals surface area contributed by atoms with E-state index in [9.17, 15) is 9.18 Å². The summed E-state index contributed by atoms with van der Waals surface area (Å²) in [4.78, 5) is 20.7. The molecule has 5 nitrogen and oxygen atoms in total. The molecule has 0 aliphatic rings. The predicted octanol–water partition coefficient (Wildman–Crippen LogP) is 3.87. The van der Waals surface area contributed by atoms with Crippen molar-refractivity contribution < 1.29 is 13.9 Å². The number of hydrogen-bond acceptors (Lipinski definition) is 4. The van der Waals surface area contributed by atoms with Gasteiger partial charge in [0.15, 0.2) is 0 Å². The average molecular weight is 372 g/mol. The smallest absolute Gasteiger partial charge is 0.255 e. The van der Waals surface area contributed by atoms with Gasteiger partial charge < -0.3 is 10.1 Å². The van der Waals surface area contributed by atoms with E-state index in [0.29, 0.717) is 27.7 Å². The van der Waals surface area contributed by atoms with Crippen LogP contribution in [0.1, 0.15) is 16.1 Å². The minimum absolute atomic E-state index is 0.200. The molecule has 0 atom stereocenters. The SMILES string of the molecule is COc1ccc(Cl)cc1C(=O)NCc1cc(-c2ccc(F)cc2)ncn1. The van der Waals surface area contributed by atoms with Gasteiger partial charge in [0, 0.05) is 10.6 Å². The van der Waals surface area contributed by atoms with Crippen LogP contribution in [0.25, 0.3) is 11.3 Å². The third kappa shape index (κ3) is 4.15. The summed E-state index contributed by atoms with van der Waals surface area (Å²) in [6, 6.07) is 12.6. The van der Waals surface area contributed by atoms with E-state index in [2.05, 4.69) is 15.3 Å². The lowest BCUT2D eigenvalue weighted by molar-refractivity contribution is 0.0947. The Morgan fingerprint density at radius 1 is 1.15 bits per heavy atom. The van der Waals surface area contributed by atoms with Crippen molar-refractivity contribution in [3.8, 4) is 17.0 Å². The lowest BCUT2D eigenvalue weighted by Gasteiger charge is -2.10. The van der Waals surface area contributed by atoms with Crippen LogP contribution in [-0.4, -0.2) is 23.0 Å². The van der Waals surface area contributed by atoms with Crippen LogP contribution in [-0.2, 0) is 6.54 Å². The van der Waals surface area contributed by atoms with Crippen LogP contribution in [0.4, 0.5) is 4.39 Å². The molecule has 0 fully saturated rings. The van der Waals surface area contributed by atoms with Crippen molar-refractivity contribution in [3.05, 3.63) is 77.0 Å². The van der Waals surface area contributed by atoms with E-state index in [4.69, 9.17) is 16.3 Å². The van der Waals surface area contributed by atoms with Crippen LogP contribution in [0.15, 0.2) is 54.9 Å². The lowest BCUT2D eigenvalue weighted by Crippen LogP contribution is -2.24. The van der Waals surface area contributed by atoms with Crippen molar-refractivity contribution >= 4 is 17.5 Å². The van der Waals surface area contributed by atoms with Crippen molar-refractivity contribution in [1.82, 2.24) is 15.3 Å². The Morgan fingerprint density at radius 3 is 2.65 bits per heavy atom. The van der Waals surface area contributed by atoms with E-state index in [0.717, 1.165) is 5.56 Å². The van der Waals surface area contributed by atoms with Gasteiger partial charge in [-0.2, -0.15) is 0 Å². The van der Waals surface area contributed by atoms with Gasteiger partial charge in [-0.25, -0.2) is 14.4 Å². The molecular weight excluding hydrogens is 357 g/mol. The minimum Gasteiger partial charge on any atom is -0.496 e. The fraction of sp³-hybridized carbons (Fsp3) is 0.105. The van der Waals surface area contributed by atoms with Crippen molar-refractivity contribution in [2.24, 2.45) is 0 Å². The van der Waals surface area contributed by atoms with Crippen molar-refractivity contribution in [1.29, 1.82) is 0 Å². The molecule has 1 amide bonds. The molecule has 26 heavy (non-hydrogen) atoms. The highest BCUT2D eigenvalue weighted by Gasteiger charge is 2.13. The quantitative estimate of drug-likeness (QED) is 0.739. The molecular formula is C19H15ClFN3O2. The molecule has 3 aromatic rings. The number of hydrogen-bond donors (Lipinski definition) is 1. The maximum Gasteiger partial charge on any atom is 0.255 e. The molecule has 0 unspecified atom stereocenters. The number of ether oxygens (including phenoxy) is 1. The van der Waals surface area contributed by atoms with Gasteiger partial charge >= 0.3 is 0 Å². The fourth-order valence-electron chi connectivity index (χ4n) is 2.40. The molecule has 2 aromatic carbocycles. The van der Waals surface area contributed by atoms with Gasteiger partial charge in [-0.1, -0.05) is 11.6 Å². The molecule has 3 rings (SSSR count). The van der Waals surface area contributed by atoms with Crippen molar-refractivity contribution in [3.63, 3.8) is 0 Å². The molecule has 0 saturated heterocycles. The van der Waals surface area contributed by atoms with Gasteiger partial charge in [-0.05, 0) is 48.5 Å². The first-order valence-electron chi connectivity index (χ1n) is 7.75. The van der Waals surface area contributed by atoms with E-state index >= 15 is 0 Å². The lowest BCUT2D eigenvalue weighted by atomic mass is 10.1. The van der Waals surface area contributed by atoms with E-state index in [1.807, 2.05) is 0 Å². The van der Waals surface area contributed by atoms with Gasteiger partial charge in [0.25, 0.3) is 5.91 Å². The summed E-state index contributed by atoms with van der Waals surface area (Å²) in [6.45, 7) is 0.200. The summed E-state index contributed by atoms with van der Waals surface area (Å²) in [5.74, 6) is -0.210. The maximum atomic E-state index is 13.0. The number of aromatic nitrogens is 2. The first-order valence-corrected chi connectivity index (χ1v) is 8.13. The van der Waals surface area contributed by atoms with E-state index in [-0.39, 0.29) is 18.3 Å². The number of benzene rings is 2. The van der Waals surface area contributed by atoms with Gasteiger partial charge in [0.2, 0.25) is 0 Å². The Morgan fingerprint density at radius 2 is 1.92 bits per heavy atom. The van der Waals surface area contributed by atoms with Gasteiger partial charge in [-0.15, -0.1) is 0 Å². The average Bonchev–Trinajstić information content (AvgIpc) is 2.67.